The van der Waals surface area contributed by atoms with Crippen molar-refractivity contribution in [1.29, 1.82) is 0 Å². The van der Waals surface area contributed by atoms with Crippen LogP contribution < -0.4 is 9.64 Å². The summed E-state index contributed by atoms with van der Waals surface area (Å²) in [4.78, 5) is 2.23. The number of halogens is 3. The number of anilines is 1. The number of methoxy groups -OCH3 is 1. The number of hydrogen-bond donors (Lipinski definition) is 0. The zero-order valence-electron chi connectivity index (χ0n) is 9.05. The Balaban J connectivity index is 3.00. The molecule has 0 aliphatic rings. The minimum atomic E-state index is 0.727. The first-order valence-electron chi connectivity index (χ1n) is 4.93. The van der Waals surface area contributed by atoms with Gasteiger partial charge in [0.25, 0.3) is 0 Å². The Kier molecular flexibility index (Phi) is 6.54. The molecule has 0 spiro atoms. The van der Waals surface area contributed by atoms with E-state index in [2.05, 4.69) is 36.8 Å². The Bertz CT molecular complexity index is 330. The van der Waals surface area contributed by atoms with Crippen LogP contribution in [0.4, 0.5) is 5.69 Å². The molecule has 1 aromatic rings. The molecule has 0 saturated heterocycles. The van der Waals surface area contributed by atoms with E-state index in [1.54, 1.807) is 7.11 Å². The summed E-state index contributed by atoms with van der Waals surface area (Å²) in [5, 5.41) is 2.55. The van der Waals surface area contributed by atoms with E-state index in [4.69, 9.17) is 16.3 Å². The van der Waals surface area contributed by atoms with E-state index in [1.165, 1.54) is 0 Å². The molecule has 16 heavy (non-hydrogen) atoms. The number of rotatable bonds is 6. The SMILES string of the molecule is COc1ccc(Cl)cc1N(CCBr)CCBr. The second-order valence-corrected chi connectivity index (χ2v) is 5.20. The second kappa shape index (κ2) is 7.41. The highest BCUT2D eigenvalue weighted by Crippen LogP contribution is 2.31. The average Bonchev–Trinajstić information content (AvgIpc) is 2.29. The Morgan fingerprint density at radius 2 is 1.88 bits per heavy atom. The zero-order valence-corrected chi connectivity index (χ0v) is 13.0. The molecule has 0 saturated carbocycles. The number of hydrogen-bond acceptors (Lipinski definition) is 2. The molecule has 0 aliphatic heterocycles. The molecule has 1 aromatic carbocycles. The van der Waals surface area contributed by atoms with Crippen molar-refractivity contribution in [3.63, 3.8) is 0 Å². The van der Waals surface area contributed by atoms with Crippen LogP contribution in [0.1, 0.15) is 0 Å². The summed E-state index contributed by atoms with van der Waals surface area (Å²) in [5.74, 6) is 0.853. The van der Waals surface area contributed by atoms with E-state index < -0.39 is 0 Å². The van der Waals surface area contributed by atoms with Gasteiger partial charge < -0.3 is 9.64 Å². The molecule has 0 aromatic heterocycles. The lowest BCUT2D eigenvalue weighted by atomic mass is 10.2. The topological polar surface area (TPSA) is 12.5 Å². The number of nitrogens with zero attached hydrogens (tertiary/aromatic N) is 1. The van der Waals surface area contributed by atoms with E-state index in [0.717, 1.165) is 40.2 Å². The molecular weight excluding hydrogens is 357 g/mol. The molecule has 2 nitrogen and oxygen atoms in total. The fourth-order valence-electron chi connectivity index (χ4n) is 1.47. The van der Waals surface area contributed by atoms with Gasteiger partial charge in [-0.15, -0.1) is 0 Å². The predicted octanol–water partition coefficient (Wildman–Crippen LogP) is 3.94. The van der Waals surface area contributed by atoms with Crippen molar-refractivity contribution in [2.24, 2.45) is 0 Å². The summed E-state index contributed by atoms with van der Waals surface area (Å²) in [7, 11) is 1.67. The second-order valence-electron chi connectivity index (χ2n) is 3.18. The third-order valence-corrected chi connectivity index (χ3v) is 3.13. The van der Waals surface area contributed by atoms with Gasteiger partial charge in [0.1, 0.15) is 5.75 Å². The van der Waals surface area contributed by atoms with Crippen molar-refractivity contribution < 1.29 is 4.74 Å². The predicted molar refractivity (Wildman–Crippen MR) is 77.8 cm³/mol. The van der Waals surface area contributed by atoms with Gasteiger partial charge in [-0.25, -0.2) is 0 Å². The van der Waals surface area contributed by atoms with Gasteiger partial charge in [0.2, 0.25) is 0 Å². The van der Waals surface area contributed by atoms with Crippen LogP contribution in [0.25, 0.3) is 0 Å². The van der Waals surface area contributed by atoms with Crippen molar-refractivity contribution in [3.05, 3.63) is 23.2 Å². The van der Waals surface area contributed by atoms with Gasteiger partial charge in [-0.1, -0.05) is 43.5 Å². The first-order valence-corrected chi connectivity index (χ1v) is 7.55. The lowest BCUT2D eigenvalue weighted by Crippen LogP contribution is -2.27. The number of benzene rings is 1. The van der Waals surface area contributed by atoms with Crippen molar-refractivity contribution in [3.8, 4) is 5.75 Å². The molecule has 90 valence electrons. The van der Waals surface area contributed by atoms with Gasteiger partial charge in [-0.2, -0.15) is 0 Å². The molecule has 0 radical (unpaired) electrons. The molecule has 0 unspecified atom stereocenters. The van der Waals surface area contributed by atoms with E-state index >= 15 is 0 Å². The largest absolute Gasteiger partial charge is 0.495 e. The standard InChI is InChI=1S/C11H14Br2ClNO/c1-16-11-3-2-9(14)8-10(11)15(6-4-12)7-5-13/h2-3,8H,4-7H2,1H3. The van der Waals surface area contributed by atoms with Gasteiger partial charge in [0, 0.05) is 28.8 Å². The summed E-state index contributed by atoms with van der Waals surface area (Å²) >= 11 is 12.9. The average molecular weight is 372 g/mol. The van der Waals surface area contributed by atoms with Crippen LogP contribution in [0.15, 0.2) is 18.2 Å². The fourth-order valence-corrected chi connectivity index (χ4v) is 2.49. The lowest BCUT2D eigenvalue weighted by molar-refractivity contribution is 0.414. The Hall–Kier alpha value is 0.0700. The maximum atomic E-state index is 6.01. The smallest absolute Gasteiger partial charge is 0.142 e. The van der Waals surface area contributed by atoms with Crippen molar-refractivity contribution in [1.82, 2.24) is 0 Å². The number of alkyl halides is 2. The third-order valence-electron chi connectivity index (χ3n) is 2.19. The summed E-state index contributed by atoms with van der Waals surface area (Å²) < 4.78 is 5.34. The van der Waals surface area contributed by atoms with Crippen LogP contribution in [0.2, 0.25) is 5.02 Å². The lowest BCUT2D eigenvalue weighted by Gasteiger charge is -2.25. The molecule has 0 heterocycles. The van der Waals surface area contributed by atoms with Crippen molar-refractivity contribution in [2.75, 3.05) is 35.8 Å². The maximum Gasteiger partial charge on any atom is 0.142 e. The highest BCUT2D eigenvalue weighted by molar-refractivity contribution is 9.09. The molecule has 0 amide bonds. The van der Waals surface area contributed by atoms with Crippen LogP contribution >= 0.6 is 43.5 Å². The van der Waals surface area contributed by atoms with Crippen LogP contribution in [-0.4, -0.2) is 30.9 Å². The van der Waals surface area contributed by atoms with Crippen molar-refractivity contribution in [2.45, 2.75) is 0 Å². The van der Waals surface area contributed by atoms with Crippen molar-refractivity contribution >= 4 is 49.1 Å². The zero-order chi connectivity index (χ0) is 12.0. The molecule has 1 rings (SSSR count). The van der Waals surface area contributed by atoms with E-state index in [9.17, 15) is 0 Å². The van der Waals surface area contributed by atoms with Gasteiger partial charge >= 0.3 is 0 Å². The maximum absolute atomic E-state index is 6.01. The van der Waals surface area contributed by atoms with E-state index in [1.807, 2.05) is 18.2 Å². The highest BCUT2D eigenvalue weighted by atomic mass is 79.9. The van der Waals surface area contributed by atoms with Gasteiger partial charge in [-0.3, -0.25) is 0 Å². The summed E-state index contributed by atoms with van der Waals surface area (Å²) in [6.07, 6.45) is 0. The van der Waals surface area contributed by atoms with Gasteiger partial charge in [0.05, 0.1) is 12.8 Å². The first-order chi connectivity index (χ1) is 7.72. The summed E-state index contributed by atoms with van der Waals surface area (Å²) in [6.45, 7) is 1.84. The molecule has 5 heteroatoms. The Labute approximate surface area is 118 Å². The molecule has 0 N–H and O–H groups in total. The quantitative estimate of drug-likeness (QED) is 0.702. The van der Waals surface area contributed by atoms with Gasteiger partial charge in [0.15, 0.2) is 0 Å². The first kappa shape index (κ1) is 14.1. The Morgan fingerprint density at radius 3 is 2.38 bits per heavy atom. The summed E-state index contributed by atoms with van der Waals surface area (Å²) in [6, 6.07) is 5.67. The minimum Gasteiger partial charge on any atom is -0.495 e. The van der Waals surface area contributed by atoms with Crippen LogP contribution in [0.5, 0.6) is 5.75 Å². The molecule has 0 fully saturated rings. The monoisotopic (exact) mass is 369 g/mol. The number of ether oxygens (including phenoxy) is 1. The minimum absolute atomic E-state index is 0.727. The molecule has 0 aliphatic carbocycles. The Morgan fingerprint density at radius 1 is 1.25 bits per heavy atom. The molecule has 0 atom stereocenters. The molecule has 0 bridgehead atoms. The third kappa shape index (κ3) is 3.82. The normalized spacial score (nSPS) is 10.2. The summed E-state index contributed by atoms with van der Waals surface area (Å²) in [5.41, 5.74) is 1.04. The van der Waals surface area contributed by atoms with Gasteiger partial charge in [-0.05, 0) is 18.2 Å². The van der Waals surface area contributed by atoms with Crippen LogP contribution in [0.3, 0.4) is 0 Å². The van der Waals surface area contributed by atoms with Crippen LogP contribution in [-0.2, 0) is 0 Å². The fraction of sp³-hybridized carbons (Fsp3) is 0.455. The van der Waals surface area contributed by atoms with E-state index in [-0.39, 0.29) is 0 Å². The van der Waals surface area contributed by atoms with E-state index in [0.29, 0.717) is 0 Å². The highest BCUT2D eigenvalue weighted by Gasteiger charge is 2.11. The molecular formula is C11H14Br2ClNO. The van der Waals surface area contributed by atoms with Crippen LogP contribution in [0, 0.1) is 0 Å².